The number of rotatable bonds is 5. The van der Waals surface area contributed by atoms with Gasteiger partial charge in [0.15, 0.2) is 0 Å². The van der Waals surface area contributed by atoms with E-state index >= 15 is 0 Å². The molecule has 0 aliphatic heterocycles. The highest BCUT2D eigenvalue weighted by atomic mass is 14.5. The van der Waals surface area contributed by atoms with Gasteiger partial charge in [0.05, 0.1) is 5.41 Å². The summed E-state index contributed by atoms with van der Waals surface area (Å²) >= 11 is 0. The van der Waals surface area contributed by atoms with Crippen molar-refractivity contribution in [3.05, 3.63) is 231 Å². The van der Waals surface area contributed by atoms with Gasteiger partial charge in [0, 0.05) is 0 Å². The summed E-state index contributed by atoms with van der Waals surface area (Å²) in [6.45, 7) is 28.8. The molecule has 0 N–H and O–H groups in total. The van der Waals surface area contributed by atoms with Gasteiger partial charge in [-0.2, -0.15) is 0 Å². The molecule has 4 aliphatic carbocycles. The van der Waals surface area contributed by atoms with Crippen LogP contribution in [0, 0.1) is 13.8 Å². The highest BCUT2D eigenvalue weighted by molar-refractivity contribution is 5.98. The van der Waals surface area contributed by atoms with E-state index in [0.717, 1.165) is 25.7 Å². The molecule has 0 heteroatoms. The third kappa shape index (κ3) is 10.8. The Bertz CT molecular complexity index is 2480. The lowest BCUT2D eigenvalue weighted by Gasteiger charge is -2.34. The van der Waals surface area contributed by atoms with E-state index in [1.54, 1.807) is 11.1 Å². The molecule has 1 unspecified atom stereocenters. The predicted octanol–water partition coefficient (Wildman–Crippen LogP) is 19.0. The molecule has 5 aromatic rings. The molecule has 4 aliphatic rings. The molecule has 0 saturated heterocycles. The number of benzene rings is 5. The largest absolute Gasteiger partial charge is 0.0984 e. The van der Waals surface area contributed by atoms with Gasteiger partial charge in [0.25, 0.3) is 0 Å². The molecule has 326 valence electrons. The van der Waals surface area contributed by atoms with Crippen LogP contribution in [-0.4, -0.2) is 0 Å². The van der Waals surface area contributed by atoms with Gasteiger partial charge in [-0.25, -0.2) is 0 Å². The first-order valence-electron chi connectivity index (χ1n) is 23.7. The molecule has 0 amide bonds. The number of allylic oxidation sites excluding steroid dienone is 13. The fourth-order valence-corrected chi connectivity index (χ4v) is 9.07. The van der Waals surface area contributed by atoms with Crippen LogP contribution in [0.15, 0.2) is 181 Å². The normalized spacial score (nSPS) is 16.3. The SMILES string of the molecule is C/C=C\C(=C/C)c1ccc(C)cc1.C=Cc1cc2c(cc1/C=C\C)C1(C3=C(CCC=C3)c3ccccc31)C1=C2CCC(C)=C1.CC.CC.CC.Cc1ccc(-c2ccccc2)cc1. The summed E-state index contributed by atoms with van der Waals surface area (Å²) in [6, 6.07) is 41.7. The molecular formula is C63H74. The van der Waals surface area contributed by atoms with Crippen LogP contribution in [0.2, 0.25) is 0 Å². The molecule has 0 bridgehead atoms. The van der Waals surface area contributed by atoms with E-state index in [1.165, 1.54) is 83.5 Å². The minimum Gasteiger partial charge on any atom is -0.0984 e. The molecule has 0 radical (unpaired) electrons. The van der Waals surface area contributed by atoms with Crippen LogP contribution < -0.4 is 0 Å². The topological polar surface area (TPSA) is 0 Å². The highest BCUT2D eigenvalue weighted by Crippen LogP contribution is 2.64. The van der Waals surface area contributed by atoms with E-state index in [-0.39, 0.29) is 5.41 Å². The Morgan fingerprint density at radius 3 is 1.79 bits per heavy atom. The third-order valence-electron chi connectivity index (χ3n) is 11.8. The third-order valence-corrected chi connectivity index (χ3v) is 11.8. The van der Waals surface area contributed by atoms with Gasteiger partial charge < -0.3 is 0 Å². The average molecular weight is 831 g/mol. The molecule has 63 heavy (non-hydrogen) atoms. The summed E-state index contributed by atoms with van der Waals surface area (Å²) < 4.78 is 0. The quantitative estimate of drug-likeness (QED) is 0.155. The van der Waals surface area contributed by atoms with E-state index in [1.807, 2.05) is 60.6 Å². The smallest absolute Gasteiger partial charge is 0.0719 e. The van der Waals surface area contributed by atoms with Crippen LogP contribution in [0.3, 0.4) is 0 Å². The average Bonchev–Trinajstić information content (AvgIpc) is 3.80. The molecule has 0 saturated carbocycles. The highest BCUT2D eigenvalue weighted by Gasteiger charge is 2.53. The van der Waals surface area contributed by atoms with Crippen molar-refractivity contribution in [1.82, 2.24) is 0 Å². The Kier molecular flexibility index (Phi) is 19.4. The fourth-order valence-electron chi connectivity index (χ4n) is 9.07. The maximum absolute atomic E-state index is 4.12. The Balaban J connectivity index is 0.000000226. The van der Waals surface area contributed by atoms with E-state index in [0.29, 0.717) is 0 Å². The molecule has 9 rings (SSSR count). The zero-order chi connectivity index (χ0) is 45.9. The number of fused-ring (bicyclic) bond motifs is 8. The lowest BCUT2D eigenvalue weighted by Crippen LogP contribution is -2.28. The summed E-state index contributed by atoms with van der Waals surface area (Å²) in [5.74, 6) is 0. The van der Waals surface area contributed by atoms with Crippen molar-refractivity contribution in [2.45, 2.75) is 114 Å². The van der Waals surface area contributed by atoms with Crippen LogP contribution >= 0.6 is 0 Å². The number of hydrogen-bond acceptors (Lipinski definition) is 0. The first-order valence-corrected chi connectivity index (χ1v) is 23.7. The van der Waals surface area contributed by atoms with Gasteiger partial charge in [-0.1, -0.05) is 223 Å². The van der Waals surface area contributed by atoms with Gasteiger partial charge in [-0.3, -0.25) is 0 Å². The first-order chi connectivity index (χ1) is 30.8. The summed E-state index contributed by atoms with van der Waals surface area (Å²) in [6.07, 6.45) is 24.6. The standard InChI is InChI=1S/C31H28.C13H12.C13H16.3C2H6/c1-4-10-22-19-30-26(18-21(22)5-2)25-16-15-20(3)17-29(25)31(30)27-13-8-6-11-23(27)24-12-7-9-14-28(24)31;1-11-7-9-13(10-8-11)12-5-3-2-4-6-12;1-4-6-12(5-2)13-9-7-11(3)8-10-13;3*1-2/h4-6,8-11,13-14,17-19H,2,7,12,15-16H2,1,3H3;2-10H,1H3;4-10H,1-3H3;3*1-2H3/b10-4-;;6-4-,12-5+;;;. The van der Waals surface area contributed by atoms with Gasteiger partial charge in [-0.15, -0.1) is 0 Å². The van der Waals surface area contributed by atoms with Crippen LogP contribution in [-0.2, 0) is 5.41 Å². The Morgan fingerprint density at radius 2 is 1.17 bits per heavy atom. The van der Waals surface area contributed by atoms with Crippen molar-refractivity contribution >= 4 is 28.9 Å². The summed E-state index contributed by atoms with van der Waals surface area (Å²) in [5.41, 5.74) is 23.5. The first kappa shape index (κ1) is 49.7. The van der Waals surface area contributed by atoms with Crippen molar-refractivity contribution in [2.75, 3.05) is 0 Å². The van der Waals surface area contributed by atoms with Crippen molar-refractivity contribution in [1.29, 1.82) is 0 Å². The molecular weight excluding hydrogens is 757 g/mol. The van der Waals surface area contributed by atoms with Crippen LogP contribution in [0.25, 0.3) is 40.0 Å². The Hall–Kier alpha value is -5.98. The van der Waals surface area contributed by atoms with Gasteiger partial charge in [-0.05, 0) is 157 Å². The minimum absolute atomic E-state index is 0.175. The fraction of sp³-hybridized carbons (Fsp3) is 0.270. The second kappa shape index (κ2) is 24.6. The number of aryl methyl sites for hydroxylation is 2. The molecule has 1 spiro atoms. The lowest BCUT2D eigenvalue weighted by molar-refractivity contribution is 0.763. The molecule has 0 nitrogen and oxygen atoms in total. The molecule has 0 heterocycles. The molecule has 1 atom stereocenters. The zero-order valence-corrected chi connectivity index (χ0v) is 40.7. The predicted molar refractivity (Wildman–Crippen MR) is 284 cm³/mol. The molecule has 0 fully saturated rings. The number of hydrogen-bond donors (Lipinski definition) is 0. The second-order valence-corrected chi connectivity index (χ2v) is 15.6. The van der Waals surface area contributed by atoms with Gasteiger partial charge in [0.1, 0.15) is 0 Å². The van der Waals surface area contributed by atoms with E-state index in [2.05, 4.69) is 199 Å². The lowest BCUT2D eigenvalue weighted by atomic mass is 9.67. The molecule has 5 aromatic carbocycles. The molecule has 0 aromatic heterocycles. The summed E-state index contributed by atoms with van der Waals surface area (Å²) in [7, 11) is 0. The maximum atomic E-state index is 4.12. The Morgan fingerprint density at radius 1 is 0.571 bits per heavy atom. The van der Waals surface area contributed by atoms with Crippen molar-refractivity contribution in [3.63, 3.8) is 0 Å². The minimum atomic E-state index is -0.175. The van der Waals surface area contributed by atoms with Crippen LogP contribution in [0.5, 0.6) is 0 Å². The van der Waals surface area contributed by atoms with Crippen LogP contribution in [0.1, 0.15) is 145 Å². The second-order valence-electron chi connectivity index (χ2n) is 15.6. The summed E-state index contributed by atoms with van der Waals surface area (Å²) in [4.78, 5) is 0. The maximum Gasteiger partial charge on any atom is 0.0719 e. The van der Waals surface area contributed by atoms with E-state index in [4.69, 9.17) is 0 Å². The van der Waals surface area contributed by atoms with E-state index < -0.39 is 0 Å². The van der Waals surface area contributed by atoms with Crippen LogP contribution in [0.4, 0.5) is 0 Å². The Labute approximate surface area is 383 Å². The van der Waals surface area contributed by atoms with Gasteiger partial charge in [0.2, 0.25) is 0 Å². The van der Waals surface area contributed by atoms with Crippen molar-refractivity contribution in [3.8, 4) is 11.1 Å². The summed E-state index contributed by atoms with van der Waals surface area (Å²) in [5, 5.41) is 0. The monoisotopic (exact) mass is 831 g/mol. The van der Waals surface area contributed by atoms with Crippen molar-refractivity contribution < 1.29 is 0 Å². The zero-order valence-electron chi connectivity index (χ0n) is 40.7. The van der Waals surface area contributed by atoms with Crippen molar-refractivity contribution in [2.24, 2.45) is 0 Å². The van der Waals surface area contributed by atoms with E-state index in [9.17, 15) is 0 Å². The van der Waals surface area contributed by atoms with Gasteiger partial charge >= 0.3 is 0 Å².